The third-order valence-corrected chi connectivity index (χ3v) is 5.06. The topological polar surface area (TPSA) is 77.8 Å². The van der Waals surface area contributed by atoms with Gasteiger partial charge in [-0.05, 0) is 42.8 Å². The third-order valence-electron chi connectivity index (χ3n) is 4.85. The van der Waals surface area contributed by atoms with Crippen LogP contribution in [0.4, 0.5) is 15.9 Å². The smallest absolute Gasteiger partial charge is 0.160 e. The van der Waals surface area contributed by atoms with Gasteiger partial charge in [-0.3, -0.25) is 0 Å². The fourth-order valence-electron chi connectivity index (χ4n) is 3.39. The van der Waals surface area contributed by atoms with Crippen LogP contribution in [-0.4, -0.2) is 24.5 Å². The summed E-state index contributed by atoms with van der Waals surface area (Å²) in [6, 6.07) is 12.1. The van der Waals surface area contributed by atoms with Crippen molar-refractivity contribution in [3.05, 3.63) is 71.7 Å². The zero-order chi connectivity index (χ0) is 21.5. The highest BCUT2D eigenvalue weighted by Crippen LogP contribution is 2.31. The number of anilines is 2. The van der Waals surface area contributed by atoms with Gasteiger partial charge in [-0.15, -0.1) is 0 Å². The number of halogens is 2. The van der Waals surface area contributed by atoms with Crippen LogP contribution in [0.2, 0.25) is 5.15 Å². The second-order valence-corrected chi connectivity index (χ2v) is 7.45. The molecule has 9 heteroatoms. The van der Waals surface area contributed by atoms with E-state index in [1.165, 1.54) is 12.4 Å². The predicted octanol–water partition coefficient (Wildman–Crippen LogP) is 5.55. The minimum Gasteiger partial charge on any atom is -0.457 e. The molecule has 5 rings (SSSR count). The summed E-state index contributed by atoms with van der Waals surface area (Å²) in [7, 11) is 1.75. The van der Waals surface area contributed by atoms with Gasteiger partial charge in [0.15, 0.2) is 11.6 Å². The molecule has 0 fully saturated rings. The van der Waals surface area contributed by atoms with Crippen LogP contribution in [0.3, 0.4) is 0 Å². The summed E-state index contributed by atoms with van der Waals surface area (Å²) in [5, 5.41) is 3.60. The number of nitrogens with zero attached hydrogens (tertiary/aromatic N) is 5. The lowest BCUT2D eigenvalue weighted by Gasteiger charge is -2.12. The summed E-state index contributed by atoms with van der Waals surface area (Å²) in [5.41, 5.74) is 3.89. The van der Waals surface area contributed by atoms with Crippen LogP contribution in [0.25, 0.3) is 22.1 Å². The maximum atomic E-state index is 14.4. The predicted molar refractivity (Wildman–Crippen MR) is 118 cm³/mol. The first-order valence-electron chi connectivity index (χ1n) is 9.41. The number of fused-ring (bicyclic) bond motifs is 2. The fourth-order valence-corrected chi connectivity index (χ4v) is 3.53. The van der Waals surface area contributed by atoms with Gasteiger partial charge >= 0.3 is 0 Å². The number of ether oxygens (including phenoxy) is 1. The summed E-state index contributed by atoms with van der Waals surface area (Å²) in [5.74, 6) is 1.15. The highest BCUT2D eigenvalue weighted by atomic mass is 35.5. The molecule has 0 spiro atoms. The molecule has 0 unspecified atom stereocenters. The Bertz CT molecular complexity index is 1450. The molecule has 3 aromatic heterocycles. The van der Waals surface area contributed by atoms with Gasteiger partial charge in [0, 0.05) is 24.9 Å². The first-order valence-corrected chi connectivity index (χ1v) is 9.79. The largest absolute Gasteiger partial charge is 0.457 e. The minimum atomic E-state index is -0.384. The van der Waals surface area contributed by atoms with Crippen molar-refractivity contribution in [3.8, 4) is 11.5 Å². The first-order chi connectivity index (χ1) is 15.0. The second kappa shape index (κ2) is 7.48. The molecular weight excluding hydrogens is 419 g/mol. The number of aromatic nitrogens is 5. The number of rotatable bonds is 4. The van der Waals surface area contributed by atoms with Crippen LogP contribution >= 0.6 is 11.6 Å². The Hall–Kier alpha value is -3.78. The van der Waals surface area contributed by atoms with Gasteiger partial charge in [0.1, 0.15) is 34.0 Å². The van der Waals surface area contributed by atoms with Crippen molar-refractivity contribution < 1.29 is 9.13 Å². The zero-order valence-electron chi connectivity index (χ0n) is 16.6. The molecule has 0 aliphatic heterocycles. The van der Waals surface area contributed by atoms with Crippen molar-refractivity contribution in [2.45, 2.75) is 6.92 Å². The van der Waals surface area contributed by atoms with Crippen molar-refractivity contribution in [1.29, 1.82) is 0 Å². The van der Waals surface area contributed by atoms with Gasteiger partial charge in [-0.1, -0.05) is 11.6 Å². The van der Waals surface area contributed by atoms with E-state index in [2.05, 4.69) is 25.3 Å². The molecule has 154 valence electrons. The Kier molecular flexibility index (Phi) is 4.63. The quantitative estimate of drug-likeness (QED) is 0.374. The van der Waals surface area contributed by atoms with Crippen LogP contribution < -0.4 is 10.1 Å². The summed E-state index contributed by atoms with van der Waals surface area (Å²) in [6.07, 6.45) is 3.04. The molecule has 0 amide bonds. The summed E-state index contributed by atoms with van der Waals surface area (Å²) in [4.78, 5) is 17.0. The van der Waals surface area contributed by atoms with Crippen molar-refractivity contribution in [2.75, 3.05) is 5.32 Å². The molecule has 0 saturated carbocycles. The number of benzene rings is 2. The Morgan fingerprint density at radius 2 is 1.90 bits per heavy atom. The molecule has 2 aromatic carbocycles. The van der Waals surface area contributed by atoms with Gasteiger partial charge in [0.25, 0.3) is 0 Å². The van der Waals surface area contributed by atoms with Crippen LogP contribution in [-0.2, 0) is 7.05 Å². The molecule has 7 nitrogen and oxygen atoms in total. The van der Waals surface area contributed by atoms with E-state index in [1.54, 1.807) is 36.1 Å². The fraction of sp³-hybridized carbons (Fsp3) is 0.0909. The van der Waals surface area contributed by atoms with E-state index < -0.39 is 0 Å². The SMILES string of the molecule is Cc1cc(Nc2ncnc3ccc(Cl)nc23)ccc1Oc1cc(F)c2c(c1)ncn2C. The van der Waals surface area contributed by atoms with Gasteiger partial charge < -0.3 is 14.6 Å². The lowest BCUT2D eigenvalue weighted by Crippen LogP contribution is -1.98. The van der Waals surface area contributed by atoms with Gasteiger partial charge in [0.2, 0.25) is 0 Å². The average Bonchev–Trinajstić information content (AvgIpc) is 3.12. The van der Waals surface area contributed by atoms with E-state index in [1.807, 2.05) is 25.1 Å². The number of hydrogen-bond donors (Lipinski definition) is 1. The Morgan fingerprint density at radius 3 is 2.74 bits per heavy atom. The second-order valence-electron chi connectivity index (χ2n) is 7.06. The van der Waals surface area contributed by atoms with Crippen LogP contribution in [0, 0.1) is 12.7 Å². The van der Waals surface area contributed by atoms with Gasteiger partial charge in [-0.25, -0.2) is 24.3 Å². The van der Waals surface area contributed by atoms with Gasteiger partial charge in [-0.2, -0.15) is 0 Å². The van der Waals surface area contributed by atoms with E-state index in [4.69, 9.17) is 16.3 Å². The van der Waals surface area contributed by atoms with Crippen LogP contribution in [0.5, 0.6) is 11.5 Å². The standard InChI is InChI=1S/C22H16ClFN6O/c1-12-7-13(28-22-20-16(25-10-26-22)4-6-19(23)29-20)3-5-18(12)31-14-8-15(24)21-17(9-14)27-11-30(21)2/h3-11H,1-2H3,(H,25,26,28). The number of nitrogens with one attached hydrogen (secondary N) is 1. The molecule has 0 bridgehead atoms. The Labute approximate surface area is 181 Å². The molecule has 1 N–H and O–H groups in total. The van der Waals surface area contributed by atoms with Crippen LogP contribution in [0.1, 0.15) is 5.56 Å². The molecular formula is C22H16ClFN6O. The maximum absolute atomic E-state index is 14.4. The van der Waals surface area contributed by atoms with Crippen LogP contribution in [0.15, 0.2) is 55.1 Å². The number of pyridine rings is 1. The lowest BCUT2D eigenvalue weighted by molar-refractivity contribution is 0.474. The van der Waals surface area contributed by atoms with E-state index in [0.717, 1.165) is 11.3 Å². The van der Waals surface area contributed by atoms with Gasteiger partial charge in [0.05, 0.1) is 17.4 Å². The third kappa shape index (κ3) is 3.62. The van der Waals surface area contributed by atoms with E-state index in [-0.39, 0.29) is 5.82 Å². The lowest BCUT2D eigenvalue weighted by atomic mass is 10.2. The monoisotopic (exact) mass is 434 g/mol. The Balaban J connectivity index is 1.43. The molecule has 0 aliphatic rings. The molecule has 0 aliphatic carbocycles. The highest BCUT2D eigenvalue weighted by Gasteiger charge is 2.12. The summed E-state index contributed by atoms with van der Waals surface area (Å²) in [6.45, 7) is 1.91. The number of hydrogen-bond acceptors (Lipinski definition) is 6. The summed E-state index contributed by atoms with van der Waals surface area (Å²) < 4.78 is 22.0. The molecule has 0 radical (unpaired) electrons. The normalized spacial score (nSPS) is 11.2. The Morgan fingerprint density at radius 1 is 1.03 bits per heavy atom. The zero-order valence-corrected chi connectivity index (χ0v) is 17.4. The molecule has 31 heavy (non-hydrogen) atoms. The maximum Gasteiger partial charge on any atom is 0.160 e. The van der Waals surface area contributed by atoms with Crippen molar-refractivity contribution in [2.24, 2.45) is 7.05 Å². The highest BCUT2D eigenvalue weighted by molar-refractivity contribution is 6.29. The van der Waals surface area contributed by atoms with Crippen molar-refractivity contribution in [3.63, 3.8) is 0 Å². The van der Waals surface area contributed by atoms with E-state index >= 15 is 0 Å². The molecule has 5 aromatic rings. The molecule has 3 heterocycles. The van der Waals surface area contributed by atoms with Crippen molar-refractivity contribution in [1.82, 2.24) is 24.5 Å². The molecule has 0 atom stereocenters. The van der Waals surface area contributed by atoms with E-state index in [9.17, 15) is 4.39 Å². The van der Waals surface area contributed by atoms with Crippen molar-refractivity contribution >= 4 is 45.2 Å². The molecule has 0 saturated heterocycles. The summed E-state index contributed by atoms with van der Waals surface area (Å²) >= 11 is 6.02. The number of imidazole rings is 1. The average molecular weight is 435 g/mol. The van der Waals surface area contributed by atoms with E-state index in [0.29, 0.717) is 44.5 Å². The minimum absolute atomic E-state index is 0.363. The number of aryl methyl sites for hydroxylation is 2. The first kappa shape index (κ1) is 19.2.